The third-order valence-electron chi connectivity index (χ3n) is 4.80. The van der Waals surface area contributed by atoms with Crippen LogP contribution in [0, 0.1) is 11.8 Å². The Kier molecular flexibility index (Phi) is 7.11. The van der Waals surface area contributed by atoms with Crippen molar-refractivity contribution in [2.24, 2.45) is 11.8 Å². The van der Waals surface area contributed by atoms with Gasteiger partial charge in [0.2, 0.25) is 0 Å². The second-order valence-corrected chi connectivity index (χ2v) is 8.14. The van der Waals surface area contributed by atoms with Crippen molar-refractivity contribution < 1.29 is 23.8 Å². The van der Waals surface area contributed by atoms with Crippen LogP contribution in [0.4, 0.5) is 4.79 Å². The predicted molar refractivity (Wildman–Crippen MR) is 94.2 cm³/mol. The van der Waals surface area contributed by atoms with E-state index in [-0.39, 0.29) is 24.1 Å². The predicted octanol–water partition coefficient (Wildman–Crippen LogP) is 3.38. The second-order valence-electron chi connectivity index (χ2n) is 8.14. The molecule has 0 aromatic rings. The fourth-order valence-electron chi connectivity index (χ4n) is 3.46. The van der Waals surface area contributed by atoms with E-state index in [2.05, 4.69) is 0 Å². The van der Waals surface area contributed by atoms with Crippen LogP contribution in [0.1, 0.15) is 59.8 Å². The smallest absolute Gasteiger partial charge is 0.410 e. The van der Waals surface area contributed by atoms with Crippen LogP contribution in [-0.4, -0.2) is 55.0 Å². The Hall–Kier alpha value is -1.30. The van der Waals surface area contributed by atoms with Crippen molar-refractivity contribution in [3.05, 3.63) is 0 Å². The van der Waals surface area contributed by atoms with Gasteiger partial charge in [-0.2, -0.15) is 0 Å². The van der Waals surface area contributed by atoms with E-state index in [0.29, 0.717) is 25.7 Å². The van der Waals surface area contributed by atoms with E-state index in [1.54, 1.807) is 4.90 Å². The molecule has 0 aromatic carbocycles. The lowest BCUT2D eigenvalue weighted by Gasteiger charge is -2.28. The molecule has 0 bridgehead atoms. The molecule has 0 N–H and O–H groups in total. The molecule has 1 amide bonds. The van der Waals surface area contributed by atoms with E-state index in [0.717, 1.165) is 38.6 Å². The van der Waals surface area contributed by atoms with E-state index >= 15 is 0 Å². The summed E-state index contributed by atoms with van der Waals surface area (Å²) >= 11 is 0. The summed E-state index contributed by atoms with van der Waals surface area (Å²) in [5.74, 6) is 0.342. The highest BCUT2D eigenvalue weighted by Gasteiger charge is 2.32. The summed E-state index contributed by atoms with van der Waals surface area (Å²) in [6, 6.07) is 0. The molecule has 1 aliphatic heterocycles. The van der Waals surface area contributed by atoms with Gasteiger partial charge >= 0.3 is 12.1 Å². The van der Waals surface area contributed by atoms with Crippen molar-refractivity contribution in [1.82, 2.24) is 4.90 Å². The monoisotopic (exact) mass is 355 g/mol. The van der Waals surface area contributed by atoms with Crippen molar-refractivity contribution in [3.63, 3.8) is 0 Å². The molecule has 1 unspecified atom stereocenters. The minimum absolute atomic E-state index is 0.0361. The maximum atomic E-state index is 12.1. The standard InChI is InChI=1S/C19H33NO5/c1-5-23-17(21)15-6-8-16(9-7-15)24-13-14-10-11-20(12-14)18(22)25-19(2,3)4/h14-16H,5-13H2,1-4H3. The lowest BCUT2D eigenvalue weighted by Crippen LogP contribution is -2.35. The lowest BCUT2D eigenvalue weighted by atomic mass is 9.87. The summed E-state index contributed by atoms with van der Waals surface area (Å²) in [6.07, 6.45) is 4.46. The van der Waals surface area contributed by atoms with Crippen LogP contribution in [0.5, 0.6) is 0 Å². The van der Waals surface area contributed by atoms with Gasteiger partial charge in [0, 0.05) is 19.0 Å². The Morgan fingerprint density at radius 2 is 1.76 bits per heavy atom. The van der Waals surface area contributed by atoms with Crippen molar-refractivity contribution in [2.45, 2.75) is 71.5 Å². The fourth-order valence-corrected chi connectivity index (χ4v) is 3.46. The van der Waals surface area contributed by atoms with E-state index in [4.69, 9.17) is 14.2 Å². The van der Waals surface area contributed by atoms with Gasteiger partial charge in [-0.15, -0.1) is 0 Å². The van der Waals surface area contributed by atoms with Crippen molar-refractivity contribution in [2.75, 3.05) is 26.3 Å². The van der Waals surface area contributed by atoms with Gasteiger partial charge in [0.1, 0.15) is 5.60 Å². The molecule has 0 radical (unpaired) electrons. The van der Waals surface area contributed by atoms with Gasteiger partial charge in [-0.05, 0) is 59.8 Å². The minimum Gasteiger partial charge on any atom is -0.466 e. The molecule has 1 aliphatic carbocycles. The molecule has 6 nitrogen and oxygen atoms in total. The molecule has 6 heteroatoms. The van der Waals surface area contributed by atoms with Crippen LogP contribution in [0.3, 0.4) is 0 Å². The van der Waals surface area contributed by atoms with Gasteiger partial charge in [-0.3, -0.25) is 4.79 Å². The van der Waals surface area contributed by atoms with Crippen LogP contribution in [0.25, 0.3) is 0 Å². The number of rotatable bonds is 5. The Morgan fingerprint density at radius 3 is 2.36 bits per heavy atom. The number of hydrogen-bond donors (Lipinski definition) is 0. The Bertz CT molecular complexity index is 451. The number of carbonyl (C=O) groups is 2. The molecule has 2 rings (SSSR count). The summed E-state index contributed by atoms with van der Waals surface area (Å²) in [7, 11) is 0. The quantitative estimate of drug-likeness (QED) is 0.707. The molecule has 2 aliphatic rings. The Morgan fingerprint density at radius 1 is 1.08 bits per heavy atom. The SMILES string of the molecule is CCOC(=O)C1CCC(OCC2CCN(C(=O)OC(C)(C)C)C2)CC1. The summed E-state index contributed by atoms with van der Waals surface area (Å²) in [4.78, 5) is 25.6. The van der Waals surface area contributed by atoms with Crippen LogP contribution < -0.4 is 0 Å². The largest absolute Gasteiger partial charge is 0.466 e. The molecular formula is C19H33NO5. The lowest BCUT2D eigenvalue weighted by molar-refractivity contribution is -0.150. The maximum absolute atomic E-state index is 12.1. The second kappa shape index (κ2) is 8.88. The highest BCUT2D eigenvalue weighted by atomic mass is 16.6. The first-order valence-electron chi connectivity index (χ1n) is 9.54. The van der Waals surface area contributed by atoms with Gasteiger partial charge in [0.25, 0.3) is 0 Å². The number of ether oxygens (including phenoxy) is 3. The van der Waals surface area contributed by atoms with Crippen LogP contribution in [-0.2, 0) is 19.0 Å². The molecule has 1 heterocycles. The van der Waals surface area contributed by atoms with Gasteiger partial charge < -0.3 is 19.1 Å². The number of nitrogens with zero attached hydrogens (tertiary/aromatic N) is 1. The van der Waals surface area contributed by atoms with Crippen molar-refractivity contribution >= 4 is 12.1 Å². The van der Waals surface area contributed by atoms with Gasteiger partial charge in [-0.1, -0.05) is 0 Å². The number of carbonyl (C=O) groups excluding carboxylic acids is 2. The summed E-state index contributed by atoms with van der Waals surface area (Å²) in [6.45, 7) is 10.1. The van der Waals surface area contributed by atoms with E-state index < -0.39 is 5.60 Å². The normalized spacial score (nSPS) is 27.2. The first-order valence-corrected chi connectivity index (χ1v) is 9.54. The molecule has 1 saturated heterocycles. The third kappa shape index (κ3) is 6.49. The number of esters is 1. The minimum atomic E-state index is -0.455. The third-order valence-corrected chi connectivity index (χ3v) is 4.80. The zero-order valence-electron chi connectivity index (χ0n) is 16.1. The molecular weight excluding hydrogens is 322 g/mol. The van der Waals surface area contributed by atoms with Crippen LogP contribution in [0.2, 0.25) is 0 Å². The topological polar surface area (TPSA) is 65.1 Å². The molecule has 0 aromatic heterocycles. The fraction of sp³-hybridized carbons (Fsp3) is 0.895. The van der Waals surface area contributed by atoms with Crippen LogP contribution >= 0.6 is 0 Å². The van der Waals surface area contributed by atoms with Crippen molar-refractivity contribution in [3.8, 4) is 0 Å². The average molecular weight is 355 g/mol. The summed E-state index contributed by atoms with van der Waals surface area (Å²) in [5, 5.41) is 0. The summed E-state index contributed by atoms with van der Waals surface area (Å²) in [5.41, 5.74) is -0.455. The molecule has 1 atom stereocenters. The number of hydrogen-bond acceptors (Lipinski definition) is 5. The van der Waals surface area contributed by atoms with E-state index in [9.17, 15) is 9.59 Å². The zero-order chi connectivity index (χ0) is 18.4. The van der Waals surface area contributed by atoms with Gasteiger partial charge in [-0.25, -0.2) is 4.79 Å². The van der Waals surface area contributed by atoms with Crippen LogP contribution in [0.15, 0.2) is 0 Å². The van der Waals surface area contributed by atoms with Gasteiger partial charge in [0.05, 0.1) is 25.2 Å². The molecule has 2 fully saturated rings. The Labute approximate surface area is 151 Å². The zero-order valence-corrected chi connectivity index (χ0v) is 16.1. The van der Waals surface area contributed by atoms with E-state index in [1.165, 1.54) is 0 Å². The average Bonchev–Trinajstić information content (AvgIpc) is 3.01. The highest BCUT2D eigenvalue weighted by Crippen LogP contribution is 2.28. The number of amides is 1. The van der Waals surface area contributed by atoms with E-state index in [1.807, 2.05) is 27.7 Å². The number of likely N-dealkylation sites (tertiary alicyclic amines) is 1. The van der Waals surface area contributed by atoms with Gasteiger partial charge in [0.15, 0.2) is 0 Å². The van der Waals surface area contributed by atoms with Crippen molar-refractivity contribution in [1.29, 1.82) is 0 Å². The molecule has 0 spiro atoms. The Balaban J connectivity index is 1.65. The summed E-state index contributed by atoms with van der Waals surface area (Å²) < 4.78 is 16.6. The first kappa shape index (κ1) is 20.0. The first-order chi connectivity index (χ1) is 11.8. The highest BCUT2D eigenvalue weighted by molar-refractivity contribution is 5.72. The molecule has 144 valence electrons. The maximum Gasteiger partial charge on any atom is 0.410 e. The molecule has 25 heavy (non-hydrogen) atoms. The molecule has 1 saturated carbocycles.